The van der Waals surface area contributed by atoms with E-state index in [0.29, 0.717) is 31.1 Å². The summed E-state index contributed by atoms with van der Waals surface area (Å²) < 4.78 is 32.6. The second-order valence-electron chi connectivity index (χ2n) is 4.75. The van der Waals surface area contributed by atoms with E-state index in [4.69, 9.17) is 4.74 Å². The quantitative estimate of drug-likeness (QED) is 0.866. The minimum absolute atomic E-state index is 0.00868. The molecule has 2 heterocycles. The molecule has 1 atom stereocenters. The van der Waals surface area contributed by atoms with E-state index in [1.807, 2.05) is 19.2 Å². The van der Waals surface area contributed by atoms with Crippen molar-refractivity contribution in [2.45, 2.75) is 37.8 Å². The molecule has 2 rings (SSSR count). The van der Waals surface area contributed by atoms with Gasteiger partial charge in [-0.05, 0) is 24.4 Å². The molecule has 1 aromatic heterocycles. The molecule has 1 aromatic rings. The van der Waals surface area contributed by atoms with E-state index in [0.717, 1.165) is 17.8 Å². The Morgan fingerprint density at radius 1 is 1.50 bits per heavy atom. The molecule has 1 saturated heterocycles. The predicted octanol–water partition coefficient (Wildman–Crippen LogP) is 1.66. The Hall–Kier alpha value is -0.470. The summed E-state index contributed by atoms with van der Waals surface area (Å²) in [4.78, 5) is 1.33. The molecule has 0 aliphatic carbocycles. The minimum Gasteiger partial charge on any atom is -0.375 e. The zero-order valence-electron chi connectivity index (χ0n) is 12.0. The summed E-state index contributed by atoms with van der Waals surface area (Å²) >= 11 is 1.49. The predicted molar refractivity (Wildman–Crippen MR) is 80.5 cm³/mol. The number of rotatable bonds is 6. The van der Waals surface area contributed by atoms with Gasteiger partial charge in [0.2, 0.25) is 10.0 Å². The maximum absolute atomic E-state index is 12.7. The van der Waals surface area contributed by atoms with Crippen LogP contribution in [-0.2, 0) is 21.3 Å². The Morgan fingerprint density at radius 3 is 3.00 bits per heavy atom. The first-order valence-electron chi connectivity index (χ1n) is 6.98. The molecule has 7 heteroatoms. The Kier molecular flexibility index (Phi) is 5.57. The fourth-order valence-corrected chi connectivity index (χ4v) is 5.06. The first-order chi connectivity index (χ1) is 9.59. The van der Waals surface area contributed by atoms with Crippen LogP contribution in [0.2, 0.25) is 0 Å². The van der Waals surface area contributed by atoms with Gasteiger partial charge in [-0.3, -0.25) is 0 Å². The maximum atomic E-state index is 12.7. The van der Waals surface area contributed by atoms with E-state index in [-0.39, 0.29) is 6.10 Å². The largest absolute Gasteiger partial charge is 0.375 e. The molecule has 1 aliphatic heterocycles. The van der Waals surface area contributed by atoms with Gasteiger partial charge in [-0.15, -0.1) is 11.3 Å². The van der Waals surface area contributed by atoms with Crippen molar-refractivity contribution in [1.82, 2.24) is 9.62 Å². The molecule has 1 N–H and O–H groups in total. The van der Waals surface area contributed by atoms with E-state index in [9.17, 15) is 8.42 Å². The van der Waals surface area contributed by atoms with Crippen LogP contribution in [0.4, 0.5) is 0 Å². The number of morpholine rings is 1. The van der Waals surface area contributed by atoms with Gasteiger partial charge in [0, 0.05) is 24.5 Å². The third-order valence-corrected chi connectivity index (χ3v) is 6.41. The second-order valence-corrected chi connectivity index (χ2v) is 7.66. The number of ether oxygens (including phenoxy) is 1. The average molecular weight is 318 g/mol. The van der Waals surface area contributed by atoms with Gasteiger partial charge in [-0.2, -0.15) is 4.31 Å². The van der Waals surface area contributed by atoms with Crippen LogP contribution >= 0.6 is 11.3 Å². The summed E-state index contributed by atoms with van der Waals surface area (Å²) in [6.45, 7) is 6.82. The third-order valence-electron chi connectivity index (χ3n) is 3.41. The highest BCUT2D eigenvalue weighted by atomic mass is 32.2. The van der Waals surface area contributed by atoms with Crippen LogP contribution in [0.25, 0.3) is 0 Å². The molecule has 0 spiro atoms. The zero-order valence-corrected chi connectivity index (χ0v) is 13.6. The highest BCUT2D eigenvalue weighted by molar-refractivity contribution is 7.89. The van der Waals surface area contributed by atoms with Crippen LogP contribution in [-0.4, -0.2) is 45.1 Å². The molecule has 20 heavy (non-hydrogen) atoms. The van der Waals surface area contributed by atoms with E-state index in [2.05, 4.69) is 5.32 Å². The average Bonchev–Trinajstić information content (AvgIpc) is 2.94. The molecule has 0 saturated carbocycles. The summed E-state index contributed by atoms with van der Waals surface area (Å²) in [5.74, 6) is 0. The van der Waals surface area contributed by atoms with Gasteiger partial charge >= 0.3 is 0 Å². The van der Waals surface area contributed by atoms with E-state index < -0.39 is 10.0 Å². The summed E-state index contributed by atoms with van der Waals surface area (Å²) in [5.41, 5.74) is 0. The lowest BCUT2D eigenvalue weighted by Gasteiger charge is -2.31. The van der Waals surface area contributed by atoms with Crippen LogP contribution < -0.4 is 5.32 Å². The second kappa shape index (κ2) is 7.00. The lowest BCUT2D eigenvalue weighted by atomic mass is 10.2. The van der Waals surface area contributed by atoms with Crippen molar-refractivity contribution in [3.8, 4) is 0 Å². The van der Waals surface area contributed by atoms with Gasteiger partial charge in [0.25, 0.3) is 0 Å². The van der Waals surface area contributed by atoms with Crippen LogP contribution in [0.1, 0.15) is 25.1 Å². The molecule has 114 valence electrons. The highest BCUT2D eigenvalue weighted by Gasteiger charge is 2.31. The standard InChI is InChI=1S/C13H22N2O3S2/c1-3-11-10-15(6-7-18-11)20(16,17)13-5-8-19-12(13)9-14-4-2/h5,8,11,14H,3-4,6-7,9-10H2,1-2H3. The maximum Gasteiger partial charge on any atom is 0.244 e. The lowest BCUT2D eigenvalue weighted by molar-refractivity contribution is -0.00278. The fourth-order valence-electron chi connectivity index (χ4n) is 2.22. The van der Waals surface area contributed by atoms with Gasteiger partial charge in [-0.25, -0.2) is 8.42 Å². The van der Waals surface area contributed by atoms with Crippen molar-refractivity contribution in [3.05, 3.63) is 16.3 Å². The first kappa shape index (κ1) is 15.9. The molecule has 5 nitrogen and oxygen atoms in total. The first-order valence-corrected chi connectivity index (χ1v) is 9.30. The van der Waals surface area contributed by atoms with Gasteiger partial charge in [-0.1, -0.05) is 13.8 Å². The van der Waals surface area contributed by atoms with Crippen molar-refractivity contribution in [1.29, 1.82) is 0 Å². The number of hydrogen-bond donors (Lipinski definition) is 1. The summed E-state index contributed by atoms with van der Waals surface area (Å²) in [7, 11) is -3.40. The molecule has 0 aromatic carbocycles. The molecule has 1 unspecified atom stereocenters. The van der Waals surface area contributed by atoms with E-state index >= 15 is 0 Å². The van der Waals surface area contributed by atoms with Crippen molar-refractivity contribution >= 4 is 21.4 Å². The fraction of sp³-hybridized carbons (Fsp3) is 0.692. The smallest absolute Gasteiger partial charge is 0.244 e. The Morgan fingerprint density at radius 2 is 2.30 bits per heavy atom. The van der Waals surface area contributed by atoms with E-state index in [1.54, 1.807) is 10.4 Å². The minimum atomic E-state index is -3.40. The number of thiophene rings is 1. The summed E-state index contributed by atoms with van der Waals surface area (Å²) in [6, 6.07) is 1.71. The Bertz CT molecular complexity index is 527. The molecule has 1 aliphatic rings. The number of nitrogens with zero attached hydrogens (tertiary/aromatic N) is 1. The monoisotopic (exact) mass is 318 g/mol. The van der Waals surface area contributed by atoms with Crippen LogP contribution in [0.15, 0.2) is 16.3 Å². The molecule has 1 fully saturated rings. The third kappa shape index (κ3) is 3.40. The number of sulfonamides is 1. The number of nitrogens with one attached hydrogen (secondary N) is 1. The van der Waals surface area contributed by atoms with Crippen LogP contribution in [0.3, 0.4) is 0 Å². The van der Waals surface area contributed by atoms with Gasteiger partial charge < -0.3 is 10.1 Å². The normalized spacial score (nSPS) is 21.2. The topological polar surface area (TPSA) is 58.6 Å². The van der Waals surface area contributed by atoms with Crippen molar-refractivity contribution in [2.24, 2.45) is 0 Å². The van der Waals surface area contributed by atoms with Crippen molar-refractivity contribution in [2.75, 3.05) is 26.2 Å². The number of hydrogen-bond acceptors (Lipinski definition) is 5. The Balaban J connectivity index is 2.19. The van der Waals surface area contributed by atoms with Crippen LogP contribution in [0.5, 0.6) is 0 Å². The van der Waals surface area contributed by atoms with E-state index in [1.165, 1.54) is 11.3 Å². The van der Waals surface area contributed by atoms with Gasteiger partial charge in [0.05, 0.1) is 17.6 Å². The van der Waals surface area contributed by atoms with Crippen LogP contribution in [0, 0.1) is 0 Å². The molecular formula is C13H22N2O3S2. The zero-order chi connectivity index (χ0) is 14.6. The lowest BCUT2D eigenvalue weighted by Crippen LogP contribution is -2.45. The van der Waals surface area contributed by atoms with Gasteiger partial charge in [0.15, 0.2) is 0 Å². The van der Waals surface area contributed by atoms with Gasteiger partial charge in [0.1, 0.15) is 0 Å². The molecule has 0 amide bonds. The molecular weight excluding hydrogens is 296 g/mol. The highest BCUT2D eigenvalue weighted by Crippen LogP contribution is 2.26. The Labute approximate surface area is 125 Å². The summed E-state index contributed by atoms with van der Waals surface area (Å²) in [5, 5.41) is 5.03. The molecule has 0 radical (unpaired) electrons. The SMILES string of the molecule is CCNCc1sccc1S(=O)(=O)N1CCOC(CC)C1. The van der Waals surface area contributed by atoms with Crippen molar-refractivity contribution < 1.29 is 13.2 Å². The van der Waals surface area contributed by atoms with Crippen molar-refractivity contribution in [3.63, 3.8) is 0 Å². The summed E-state index contributed by atoms with van der Waals surface area (Å²) in [6.07, 6.45) is 0.842. The molecule has 0 bridgehead atoms.